The van der Waals surface area contributed by atoms with E-state index in [1.54, 1.807) is 0 Å². The van der Waals surface area contributed by atoms with Gasteiger partial charge in [-0.05, 0) is 0 Å². The Hall–Kier alpha value is 1.53. The van der Waals surface area contributed by atoms with Gasteiger partial charge >= 0.3 is 40.7 Å². The maximum atomic E-state index is 2.27. The van der Waals surface area contributed by atoms with E-state index < -0.39 is 0 Å². The van der Waals surface area contributed by atoms with E-state index in [1.165, 1.54) is 9.10 Å². The first-order valence-electron chi connectivity index (χ1n) is 3.83. The zero-order chi connectivity index (χ0) is 6.83. The maximum absolute atomic E-state index is 2.27. The first-order chi connectivity index (χ1) is 3.83. The normalized spacial score (nSPS) is 5.50. The van der Waals surface area contributed by atoms with Crippen LogP contribution in [0.3, 0.4) is 0 Å². The van der Waals surface area contributed by atoms with Crippen molar-refractivity contribution in [1.82, 2.24) is 0 Å². The van der Waals surface area contributed by atoms with E-state index in [4.69, 9.17) is 0 Å². The molecule has 8 heavy (non-hydrogen) atoms. The zero-order valence-electron chi connectivity index (χ0n) is 6.83. The minimum atomic E-state index is 0.417. The lowest BCUT2D eigenvalue weighted by atomic mass is 10.9. The lowest BCUT2D eigenvalue weighted by molar-refractivity contribution is 1.36. The molecule has 0 aliphatic heterocycles. The molecule has 0 aromatic rings. The van der Waals surface area contributed by atoms with E-state index in [-0.39, 0.29) is 0 Å². The average Bonchev–Trinajstić information content (AvgIpc) is 1.71. The van der Waals surface area contributed by atoms with Crippen LogP contribution in [-0.4, -0.2) is 40.7 Å². The molecule has 0 bridgehead atoms. The fourth-order valence-electron chi connectivity index (χ4n) is 0.354. The fourth-order valence-corrected chi connectivity index (χ4v) is 1.06. The SMILES string of the molecule is C[CH2][Mg][CH2]C.[CH3][Mg][CH3]. The molecule has 2 heteroatoms. The summed E-state index contributed by atoms with van der Waals surface area (Å²) in [5.74, 6) is 0. The van der Waals surface area contributed by atoms with E-state index >= 15 is 0 Å². The first kappa shape index (κ1) is 12.2. The Morgan fingerprint density at radius 1 is 1.00 bits per heavy atom. The molecule has 0 heterocycles. The van der Waals surface area contributed by atoms with Crippen LogP contribution in [0.25, 0.3) is 0 Å². The minimum absolute atomic E-state index is 0.417. The third-order valence-corrected chi connectivity index (χ3v) is 2.12. The summed E-state index contributed by atoms with van der Waals surface area (Å²) in [5.41, 5.74) is 0. The second-order valence-electron chi connectivity index (χ2n) is 2.06. The largest absolute Gasteiger partial charge is 0.363 e. The van der Waals surface area contributed by atoms with Gasteiger partial charge in [0.1, 0.15) is 0 Å². The summed E-state index contributed by atoms with van der Waals surface area (Å²) in [7, 11) is 0. The van der Waals surface area contributed by atoms with Crippen LogP contribution in [-0.2, 0) is 0 Å². The molecule has 0 nitrogen and oxygen atoms in total. The van der Waals surface area contributed by atoms with Gasteiger partial charge in [0, 0.05) is 0 Å². The van der Waals surface area contributed by atoms with Crippen LogP contribution in [0.15, 0.2) is 0 Å². The molecule has 0 spiro atoms. The molecule has 0 unspecified atom stereocenters. The highest BCUT2D eigenvalue weighted by atomic mass is 24.5. The predicted octanol–water partition coefficient (Wildman–Crippen LogP) is 2.35. The molecular weight excluding hydrogens is 121 g/mol. The van der Waals surface area contributed by atoms with Crippen molar-refractivity contribution in [3.8, 4) is 0 Å². The van der Waals surface area contributed by atoms with Gasteiger partial charge in [0.25, 0.3) is 0 Å². The van der Waals surface area contributed by atoms with Gasteiger partial charge in [-0.3, -0.25) is 0 Å². The summed E-state index contributed by atoms with van der Waals surface area (Å²) < 4.78 is 2.97. The molecule has 0 aliphatic rings. The van der Waals surface area contributed by atoms with E-state index in [0.29, 0.717) is 40.7 Å². The van der Waals surface area contributed by atoms with Crippen LogP contribution in [0.4, 0.5) is 0 Å². The van der Waals surface area contributed by atoms with Crippen LogP contribution >= 0.6 is 0 Å². The number of hydrogen-bond acceptors (Lipinski definition) is 0. The van der Waals surface area contributed by atoms with Crippen molar-refractivity contribution < 1.29 is 0 Å². The molecule has 0 amide bonds. The van der Waals surface area contributed by atoms with Crippen molar-refractivity contribution >= 4 is 40.7 Å². The second kappa shape index (κ2) is 15.8. The predicted molar refractivity (Wildman–Crippen MR) is 44.2 cm³/mol. The Kier molecular flexibility index (Phi) is 24.2. The van der Waals surface area contributed by atoms with Crippen LogP contribution in [0.2, 0.25) is 19.2 Å². The standard InChI is InChI=1S/2C2H5.2CH3.2Mg/c2*1-2;;;;/h2*1H2,2H3;2*1H3;;. The van der Waals surface area contributed by atoms with Crippen molar-refractivity contribution in [2.45, 2.75) is 33.1 Å². The van der Waals surface area contributed by atoms with Crippen LogP contribution in [0, 0.1) is 0 Å². The van der Waals surface area contributed by atoms with Crippen LogP contribution in [0.1, 0.15) is 13.8 Å². The zero-order valence-corrected chi connectivity index (χ0v) is 9.66. The van der Waals surface area contributed by atoms with Crippen LogP contribution in [0.5, 0.6) is 0 Å². The Balaban J connectivity index is 0. The van der Waals surface area contributed by atoms with Gasteiger partial charge < -0.3 is 0 Å². The average molecular weight is 137 g/mol. The van der Waals surface area contributed by atoms with Gasteiger partial charge in [-0.2, -0.15) is 10.1 Å². The Morgan fingerprint density at radius 3 is 1.25 bits per heavy atom. The van der Waals surface area contributed by atoms with Gasteiger partial charge in [-0.1, -0.05) is 13.8 Å². The molecule has 0 N–H and O–H groups in total. The van der Waals surface area contributed by atoms with Gasteiger partial charge in [0.2, 0.25) is 0 Å². The van der Waals surface area contributed by atoms with Crippen molar-refractivity contribution in [3.63, 3.8) is 0 Å². The highest BCUT2D eigenvalue weighted by molar-refractivity contribution is 6.34. The van der Waals surface area contributed by atoms with E-state index in [0.717, 1.165) is 0 Å². The maximum Gasteiger partial charge on any atom is 0.363 e. The first-order valence-corrected chi connectivity index (χ1v) is 8.66. The highest BCUT2D eigenvalue weighted by Gasteiger charge is 1.79. The third-order valence-electron chi connectivity index (χ3n) is 0.707. The van der Waals surface area contributed by atoms with Gasteiger partial charge in [0.05, 0.1) is 0 Å². The van der Waals surface area contributed by atoms with Crippen molar-refractivity contribution in [1.29, 1.82) is 0 Å². The molecule has 0 fully saturated rings. The molecule has 0 aliphatic carbocycles. The summed E-state index contributed by atoms with van der Waals surface area (Å²) >= 11 is 0.849. The van der Waals surface area contributed by atoms with Crippen molar-refractivity contribution in [2.75, 3.05) is 0 Å². The molecule has 0 rings (SSSR count). The van der Waals surface area contributed by atoms with Gasteiger partial charge in [-0.15, -0.1) is 9.10 Å². The summed E-state index contributed by atoms with van der Waals surface area (Å²) in [5, 5.41) is 4.53. The summed E-state index contributed by atoms with van der Waals surface area (Å²) in [6.07, 6.45) is 0. The molecule has 0 atom stereocenters. The topological polar surface area (TPSA) is 0 Å². The number of rotatable bonds is 2. The quantitative estimate of drug-likeness (QED) is 0.512. The minimum Gasteiger partial charge on any atom is -0.157 e. The molecule has 0 aromatic heterocycles. The summed E-state index contributed by atoms with van der Waals surface area (Å²) in [4.78, 5) is 0. The summed E-state index contributed by atoms with van der Waals surface area (Å²) in [6, 6.07) is 0. The Bertz CT molecular complexity index is 20.5. The van der Waals surface area contributed by atoms with Gasteiger partial charge in [0.15, 0.2) is 0 Å². The lowest BCUT2D eigenvalue weighted by Crippen LogP contribution is -1.76. The Morgan fingerprint density at radius 2 is 1.25 bits per heavy atom. The van der Waals surface area contributed by atoms with Crippen molar-refractivity contribution in [3.05, 3.63) is 0 Å². The molecule has 0 saturated carbocycles. The molecule has 0 aromatic carbocycles. The van der Waals surface area contributed by atoms with Gasteiger partial charge in [-0.25, -0.2) is 0 Å². The van der Waals surface area contributed by atoms with E-state index in [9.17, 15) is 0 Å². The lowest BCUT2D eigenvalue weighted by Gasteiger charge is -1.72. The fraction of sp³-hybridized carbons (Fsp3) is 1.00. The highest BCUT2D eigenvalue weighted by Crippen LogP contribution is 1.77. The summed E-state index contributed by atoms with van der Waals surface area (Å²) in [6.45, 7) is 4.55. The Labute approximate surface area is 73.3 Å². The molecular formula is C6H16Mg2. The monoisotopic (exact) mass is 136 g/mol. The smallest absolute Gasteiger partial charge is 0.157 e. The van der Waals surface area contributed by atoms with Crippen molar-refractivity contribution in [2.24, 2.45) is 0 Å². The number of hydrogen-bond donors (Lipinski definition) is 0. The van der Waals surface area contributed by atoms with E-state index in [1.807, 2.05) is 0 Å². The molecule has 0 radical (unpaired) electrons. The van der Waals surface area contributed by atoms with Crippen LogP contribution < -0.4 is 0 Å². The van der Waals surface area contributed by atoms with E-state index in [2.05, 4.69) is 24.0 Å². The molecule has 0 saturated heterocycles. The molecule has 44 valence electrons. The second-order valence-corrected chi connectivity index (χ2v) is 6.18. The third kappa shape index (κ3) is 25.8.